The third kappa shape index (κ3) is 4.95. The van der Waals surface area contributed by atoms with Gasteiger partial charge in [0.25, 0.3) is 0 Å². The molecule has 0 radical (unpaired) electrons. The van der Waals surface area contributed by atoms with Crippen molar-refractivity contribution in [3.63, 3.8) is 0 Å². The molecule has 3 heteroatoms. The number of benzene rings is 2. The molecule has 2 aromatic carbocycles. The van der Waals surface area contributed by atoms with Crippen LogP contribution in [0.25, 0.3) is 11.1 Å². The molecule has 1 fully saturated rings. The predicted octanol–water partition coefficient (Wildman–Crippen LogP) is 6.58. The molecule has 1 aromatic heterocycles. The summed E-state index contributed by atoms with van der Waals surface area (Å²) >= 11 is 0. The molecule has 1 aliphatic carbocycles. The van der Waals surface area contributed by atoms with Crippen molar-refractivity contribution in [1.29, 1.82) is 5.26 Å². The highest BCUT2D eigenvalue weighted by molar-refractivity contribution is 5.62. The molecule has 1 heterocycles. The molecule has 0 spiro atoms. The number of aromatic nitrogens is 2. The molecular weight excluding hydrogens is 354 g/mol. The highest BCUT2D eigenvalue weighted by Gasteiger charge is 2.44. The lowest BCUT2D eigenvalue weighted by molar-refractivity contribution is 0.768. The molecule has 3 aromatic rings. The van der Waals surface area contributed by atoms with Crippen molar-refractivity contribution >= 4 is 0 Å². The molecule has 4 rings (SSSR count). The van der Waals surface area contributed by atoms with Gasteiger partial charge in [0, 0.05) is 18.8 Å². The second kappa shape index (κ2) is 8.66. The molecule has 0 aliphatic heterocycles. The summed E-state index contributed by atoms with van der Waals surface area (Å²) in [5.41, 5.74) is 6.22. The fourth-order valence-electron chi connectivity index (χ4n) is 3.42. The van der Waals surface area contributed by atoms with Crippen LogP contribution in [0, 0.1) is 11.3 Å². The lowest BCUT2D eigenvalue weighted by Gasteiger charge is -2.09. The molecule has 0 amide bonds. The Labute approximate surface area is 175 Å². The Balaban J connectivity index is 0.000000166. The first-order valence-electron chi connectivity index (χ1n) is 10.5. The number of nitriles is 1. The van der Waals surface area contributed by atoms with Gasteiger partial charge in [0.15, 0.2) is 0 Å². The summed E-state index contributed by atoms with van der Waals surface area (Å²) in [4.78, 5) is 0. The molecule has 0 saturated heterocycles. The first-order valence-corrected chi connectivity index (χ1v) is 10.5. The monoisotopic (exact) mass is 385 g/mol. The molecule has 3 nitrogen and oxygen atoms in total. The minimum atomic E-state index is -0.129. The summed E-state index contributed by atoms with van der Waals surface area (Å²) in [5.74, 6) is 1.14. The van der Waals surface area contributed by atoms with Gasteiger partial charge >= 0.3 is 0 Å². The van der Waals surface area contributed by atoms with Gasteiger partial charge in [-0.25, -0.2) is 0 Å². The third-order valence-corrected chi connectivity index (χ3v) is 5.69. The molecule has 1 aliphatic rings. The van der Waals surface area contributed by atoms with Gasteiger partial charge < -0.3 is 0 Å². The van der Waals surface area contributed by atoms with Gasteiger partial charge in [0.1, 0.15) is 0 Å². The predicted molar refractivity (Wildman–Crippen MR) is 120 cm³/mol. The van der Waals surface area contributed by atoms with Crippen molar-refractivity contribution in [2.24, 2.45) is 7.05 Å². The molecule has 1 saturated carbocycles. The molecule has 0 bridgehead atoms. The van der Waals surface area contributed by atoms with Crippen LogP contribution >= 0.6 is 0 Å². The minimum absolute atomic E-state index is 0.129. The highest BCUT2D eigenvalue weighted by Crippen LogP contribution is 2.47. The number of hydrogen-bond acceptors (Lipinski definition) is 2. The van der Waals surface area contributed by atoms with Crippen LogP contribution in [0.3, 0.4) is 0 Å². The Bertz CT molecular complexity index is 983. The Hall–Kier alpha value is -2.86. The van der Waals surface area contributed by atoms with E-state index in [0.717, 1.165) is 12.8 Å². The molecule has 29 heavy (non-hydrogen) atoms. The van der Waals surface area contributed by atoms with Gasteiger partial charge in [-0.05, 0) is 46.9 Å². The zero-order valence-corrected chi connectivity index (χ0v) is 18.2. The maximum absolute atomic E-state index is 9.04. The van der Waals surface area contributed by atoms with Crippen LogP contribution in [-0.2, 0) is 12.5 Å². The standard InChI is InChI=1S/C13H16N2.C13H15N/c1-10(2)11-5-4-6-12(7-11)13-8-14-15(3)9-13;1-10(2)11-3-5-12(6-4-11)13(9-14)7-8-13/h4-10H,1-3H3;3-6,10H,7-8H2,1-2H3. The normalized spacial score (nSPS) is 14.3. The Morgan fingerprint density at radius 3 is 2.07 bits per heavy atom. The van der Waals surface area contributed by atoms with E-state index in [-0.39, 0.29) is 5.41 Å². The van der Waals surface area contributed by atoms with Crippen molar-refractivity contribution in [1.82, 2.24) is 9.78 Å². The fourth-order valence-corrected chi connectivity index (χ4v) is 3.42. The van der Waals surface area contributed by atoms with E-state index in [9.17, 15) is 0 Å². The maximum atomic E-state index is 9.04. The first-order chi connectivity index (χ1) is 13.8. The lowest BCUT2D eigenvalue weighted by Crippen LogP contribution is -2.02. The van der Waals surface area contributed by atoms with Crippen LogP contribution in [-0.4, -0.2) is 9.78 Å². The van der Waals surface area contributed by atoms with Crippen LogP contribution < -0.4 is 0 Å². The molecule has 0 unspecified atom stereocenters. The first kappa shape index (κ1) is 20.9. The van der Waals surface area contributed by atoms with Crippen molar-refractivity contribution in [2.45, 2.75) is 57.8 Å². The Morgan fingerprint density at radius 1 is 0.931 bits per heavy atom. The summed E-state index contributed by atoms with van der Waals surface area (Å²) in [6.07, 6.45) is 6.01. The van der Waals surface area contributed by atoms with Crippen molar-refractivity contribution in [3.05, 3.63) is 77.6 Å². The van der Waals surface area contributed by atoms with Gasteiger partial charge in [-0.2, -0.15) is 10.4 Å². The van der Waals surface area contributed by atoms with Crippen LogP contribution in [0.5, 0.6) is 0 Å². The van der Waals surface area contributed by atoms with Crippen molar-refractivity contribution in [2.75, 3.05) is 0 Å². The van der Waals surface area contributed by atoms with Gasteiger partial charge in [0.05, 0.1) is 17.7 Å². The van der Waals surface area contributed by atoms with Crippen LogP contribution in [0.15, 0.2) is 60.9 Å². The van der Waals surface area contributed by atoms with E-state index in [1.807, 2.05) is 24.1 Å². The van der Waals surface area contributed by atoms with Crippen LogP contribution in [0.4, 0.5) is 0 Å². The SMILES string of the molecule is CC(C)c1ccc(C2(C#N)CC2)cc1.CC(C)c1cccc(-c2cnn(C)c2)c1. The van der Waals surface area contributed by atoms with Crippen LogP contribution in [0.1, 0.15) is 69.1 Å². The van der Waals surface area contributed by atoms with E-state index in [1.165, 1.54) is 27.8 Å². The van der Waals surface area contributed by atoms with E-state index in [0.29, 0.717) is 11.8 Å². The van der Waals surface area contributed by atoms with Gasteiger partial charge in [-0.15, -0.1) is 0 Å². The topological polar surface area (TPSA) is 41.6 Å². The van der Waals surface area contributed by atoms with E-state index in [2.05, 4.69) is 87.4 Å². The average molecular weight is 386 g/mol. The molecular formula is C26H31N3. The third-order valence-electron chi connectivity index (χ3n) is 5.69. The van der Waals surface area contributed by atoms with Gasteiger partial charge in [-0.1, -0.05) is 76.2 Å². The van der Waals surface area contributed by atoms with Crippen LogP contribution in [0.2, 0.25) is 0 Å². The van der Waals surface area contributed by atoms with E-state index >= 15 is 0 Å². The Morgan fingerprint density at radius 2 is 1.59 bits per heavy atom. The highest BCUT2D eigenvalue weighted by atomic mass is 15.2. The van der Waals surface area contributed by atoms with Crippen molar-refractivity contribution < 1.29 is 0 Å². The van der Waals surface area contributed by atoms with Gasteiger partial charge in [-0.3, -0.25) is 4.68 Å². The summed E-state index contributed by atoms with van der Waals surface area (Å²) in [5, 5.41) is 13.2. The summed E-state index contributed by atoms with van der Waals surface area (Å²) < 4.78 is 1.83. The quantitative estimate of drug-likeness (QED) is 0.509. The molecule has 0 N–H and O–H groups in total. The summed E-state index contributed by atoms with van der Waals surface area (Å²) in [7, 11) is 1.94. The largest absolute Gasteiger partial charge is 0.275 e. The second-order valence-electron chi connectivity index (χ2n) is 8.65. The Kier molecular flexibility index (Phi) is 6.23. The number of rotatable bonds is 4. The fraction of sp³-hybridized carbons (Fsp3) is 0.385. The van der Waals surface area contributed by atoms with E-state index in [1.54, 1.807) is 0 Å². The number of nitrogens with zero attached hydrogens (tertiary/aromatic N) is 3. The zero-order valence-electron chi connectivity index (χ0n) is 18.2. The molecule has 150 valence electrons. The summed E-state index contributed by atoms with van der Waals surface area (Å²) in [6, 6.07) is 19.6. The smallest absolute Gasteiger partial charge is 0.0823 e. The average Bonchev–Trinajstić information content (AvgIpc) is 3.42. The lowest BCUT2D eigenvalue weighted by atomic mass is 9.94. The maximum Gasteiger partial charge on any atom is 0.0823 e. The van der Waals surface area contributed by atoms with Crippen molar-refractivity contribution in [3.8, 4) is 17.2 Å². The summed E-state index contributed by atoms with van der Waals surface area (Å²) in [6.45, 7) is 8.79. The second-order valence-corrected chi connectivity index (χ2v) is 8.65. The van der Waals surface area contributed by atoms with Gasteiger partial charge in [0.2, 0.25) is 0 Å². The minimum Gasteiger partial charge on any atom is -0.275 e. The van der Waals surface area contributed by atoms with E-state index < -0.39 is 0 Å². The van der Waals surface area contributed by atoms with E-state index in [4.69, 9.17) is 5.26 Å². The zero-order chi connectivity index (χ0) is 21.0. The number of hydrogen-bond donors (Lipinski definition) is 0. The number of aryl methyl sites for hydroxylation is 1. The molecule has 0 atom stereocenters.